The van der Waals surface area contributed by atoms with Crippen LogP contribution < -0.4 is 5.32 Å². The van der Waals surface area contributed by atoms with Gasteiger partial charge in [-0.1, -0.05) is 17.8 Å². The van der Waals surface area contributed by atoms with Gasteiger partial charge in [0, 0.05) is 13.0 Å². The summed E-state index contributed by atoms with van der Waals surface area (Å²) in [7, 11) is 1.96. The van der Waals surface area contributed by atoms with Crippen LogP contribution in [0.15, 0.2) is 0 Å². The summed E-state index contributed by atoms with van der Waals surface area (Å²) in [6.45, 7) is 2.33. The lowest BCUT2D eigenvalue weighted by Gasteiger charge is -2.24. The van der Waals surface area contributed by atoms with Gasteiger partial charge < -0.3 is 9.88 Å². The van der Waals surface area contributed by atoms with E-state index >= 15 is 0 Å². The van der Waals surface area contributed by atoms with Gasteiger partial charge in [0.25, 0.3) is 5.91 Å². The molecule has 1 aliphatic carbocycles. The predicted molar refractivity (Wildman–Crippen MR) is 78.1 cm³/mol. The van der Waals surface area contributed by atoms with E-state index in [1.165, 1.54) is 19.3 Å². The Morgan fingerprint density at radius 1 is 1.38 bits per heavy atom. The Labute approximate surface area is 126 Å². The second-order valence-corrected chi connectivity index (χ2v) is 6.00. The molecule has 8 heteroatoms. The van der Waals surface area contributed by atoms with E-state index in [-0.39, 0.29) is 5.91 Å². The largest absolute Gasteiger partial charge is 0.344 e. The van der Waals surface area contributed by atoms with E-state index in [4.69, 9.17) is 0 Å². The molecule has 112 valence electrons. The number of carbonyl (C=O) groups is 1. The molecule has 3 rings (SSSR count). The van der Waals surface area contributed by atoms with E-state index < -0.39 is 0 Å². The minimum Gasteiger partial charge on any atom is -0.344 e. The van der Waals surface area contributed by atoms with Gasteiger partial charge in [0.1, 0.15) is 10.7 Å². The molecule has 0 radical (unpaired) electrons. The molecule has 0 saturated heterocycles. The van der Waals surface area contributed by atoms with Crippen molar-refractivity contribution in [2.24, 2.45) is 7.05 Å². The number of amides is 1. The number of nitrogens with one attached hydrogen (secondary N) is 1. The smallest absolute Gasteiger partial charge is 0.265 e. The summed E-state index contributed by atoms with van der Waals surface area (Å²) < 4.78 is 5.83. The standard InChI is InChI=1S/C13H18N6OS/c1-3-9-11(21-18-15-9)13(20)14-7-10-16-17-12(19(10)2)8-5-4-6-8/h8H,3-7H2,1-2H3,(H,14,20). The molecule has 7 nitrogen and oxygen atoms in total. The maximum atomic E-state index is 12.1. The first-order valence-electron chi connectivity index (χ1n) is 7.18. The van der Waals surface area contributed by atoms with Crippen LogP contribution in [-0.2, 0) is 20.0 Å². The third-order valence-electron chi connectivity index (χ3n) is 3.97. The van der Waals surface area contributed by atoms with Gasteiger partial charge in [-0.25, -0.2) is 0 Å². The topological polar surface area (TPSA) is 85.6 Å². The second kappa shape index (κ2) is 5.88. The summed E-state index contributed by atoms with van der Waals surface area (Å²) in [5, 5.41) is 15.3. The number of aromatic nitrogens is 5. The molecule has 0 atom stereocenters. The van der Waals surface area contributed by atoms with Gasteiger partial charge >= 0.3 is 0 Å². The highest BCUT2D eigenvalue weighted by atomic mass is 32.1. The molecule has 0 aromatic carbocycles. The molecule has 21 heavy (non-hydrogen) atoms. The lowest BCUT2D eigenvalue weighted by atomic mass is 9.85. The molecule has 1 fully saturated rings. The highest BCUT2D eigenvalue weighted by molar-refractivity contribution is 7.08. The average Bonchev–Trinajstić information content (AvgIpc) is 3.03. The fraction of sp³-hybridized carbons (Fsp3) is 0.615. The Morgan fingerprint density at radius 2 is 2.19 bits per heavy atom. The van der Waals surface area contributed by atoms with Gasteiger partial charge in [-0.2, -0.15) is 0 Å². The van der Waals surface area contributed by atoms with Gasteiger partial charge in [0.15, 0.2) is 5.82 Å². The van der Waals surface area contributed by atoms with Crippen LogP contribution in [0, 0.1) is 0 Å². The fourth-order valence-corrected chi connectivity index (χ4v) is 3.07. The van der Waals surface area contributed by atoms with E-state index in [1.54, 1.807) is 0 Å². The summed E-state index contributed by atoms with van der Waals surface area (Å²) in [5.41, 5.74) is 0.741. The zero-order chi connectivity index (χ0) is 14.8. The van der Waals surface area contributed by atoms with Gasteiger partial charge in [0.05, 0.1) is 12.2 Å². The zero-order valence-corrected chi connectivity index (χ0v) is 13.0. The Hall–Kier alpha value is -1.83. The molecule has 0 aliphatic heterocycles. The Morgan fingerprint density at radius 3 is 2.86 bits per heavy atom. The number of aryl methyl sites for hydroxylation is 1. The van der Waals surface area contributed by atoms with Crippen molar-refractivity contribution < 1.29 is 4.79 Å². The van der Waals surface area contributed by atoms with E-state index in [1.807, 2.05) is 18.5 Å². The van der Waals surface area contributed by atoms with Crippen molar-refractivity contribution in [2.75, 3.05) is 0 Å². The van der Waals surface area contributed by atoms with Crippen LogP contribution in [0.1, 0.15) is 59.1 Å². The van der Waals surface area contributed by atoms with Gasteiger partial charge in [-0.05, 0) is 30.8 Å². The van der Waals surface area contributed by atoms with Crippen molar-refractivity contribution in [1.82, 2.24) is 29.7 Å². The number of hydrogen-bond donors (Lipinski definition) is 1. The fourth-order valence-electron chi connectivity index (χ4n) is 2.40. The minimum absolute atomic E-state index is 0.143. The molecular weight excluding hydrogens is 288 g/mol. The van der Waals surface area contributed by atoms with Crippen molar-refractivity contribution >= 4 is 17.4 Å². The summed E-state index contributed by atoms with van der Waals surface area (Å²) in [6, 6.07) is 0. The molecule has 0 unspecified atom stereocenters. The molecule has 1 aliphatic rings. The first-order chi connectivity index (χ1) is 10.2. The highest BCUT2D eigenvalue weighted by Crippen LogP contribution is 2.35. The molecule has 0 spiro atoms. The van der Waals surface area contributed by atoms with Crippen LogP contribution in [0.2, 0.25) is 0 Å². The summed E-state index contributed by atoms with van der Waals surface area (Å²) in [4.78, 5) is 12.7. The van der Waals surface area contributed by atoms with Gasteiger partial charge in [-0.3, -0.25) is 4.79 Å². The van der Waals surface area contributed by atoms with E-state index in [0.29, 0.717) is 23.8 Å². The van der Waals surface area contributed by atoms with Crippen LogP contribution in [-0.4, -0.2) is 30.3 Å². The predicted octanol–water partition coefficient (Wildman–Crippen LogP) is 1.43. The van der Waals surface area contributed by atoms with Crippen LogP contribution in [0.3, 0.4) is 0 Å². The molecule has 2 aromatic rings. The number of nitrogens with zero attached hydrogens (tertiary/aromatic N) is 5. The monoisotopic (exact) mass is 306 g/mol. The van der Waals surface area contributed by atoms with Crippen molar-refractivity contribution in [3.63, 3.8) is 0 Å². The summed E-state index contributed by atoms with van der Waals surface area (Å²) in [6.07, 6.45) is 4.34. The molecular formula is C13H18N6OS. The average molecular weight is 306 g/mol. The Bertz CT molecular complexity index is 645. The number of carbonyl (C=O) groups excluding carboxylic acids is 1. The van der Waals surface area contributed by atoms with Crippen molar-refractivity contribution in [2.45, 2.75) is 45.1 Å². The van der Waals surface area contributed by atoms with Gasteiger partial charge in [-0.15, -0.1) is 15.3 Å². The van der Waals surface area contributed by atoms with Crippen molar-refractivity contribution in [3.05, 3.63) is 22.2 Å². The van der Waals surface area contributed by atoms with Crippen LogP contribution >= 0.6 is 11.5 Å². The van der Waals surface area contributed by atoms with Crippen LogP contribution in [0.25, 0.3) is 0 Å². The third-order valence-corrected chi connectivity index (χ3v) is 4.74. The van der Waals surface area contributed by atoms with E-state index in [9.17, 15) is 4.79 Å². The quantitative estimate of drug-likeness (QED) is 0.903. The molecule has 0 bridgehead atoms. The third kappa shape index (κ3) is 2.67. The zero-order valence-electron chi connectivity index (χ0n) is 12.2. The number of hydrogen-bond acceptors (Lipinski definition) is 6. The van der Waals surface area contributed by atoms with Crippen molar-refractivity contribution in [3.8, 4) is 0 Å². The number of rotatable bonds is 5. The first-order valence-corrected chi connectivity index (χ1v) is 7.95. The lowest BCUT2D eigenvalue weighted by molar-refractivity contribution is 0.0952. The maximum absolute atomic E-state index is 12.1. The lowest BCUT2D eigenvalue weighted by Crippen LogP contribution is -2.25. The Balaban J connectivity index is 1.65. The maximum Gasteiger partial charge on any atom is 0.265 e. The normalized spacial score (nSPS) is 15.0. The van der Waals surface area contributed by atoms with Gasteiger partial charge in [0.2, 0.25) is 0 Å². The second-order valence-electron chi connectivity index (χ2n) is 5.25. The summed E-state index contributed by atoms with van der Waals surface area (Å²) >= 11 is 1.13. The molecule has 1 amide bonds. The van der Waals surface area contributed by atoms with Crippen molar-refractivity contribution in [1.29, 1.82) is 0 Å². The minimum atomic E-state index is -0.143. The van der Waals surface area contributed by atoms with E-state index in [0.717, 1.165) is 28.9 Å². The highest BCUT2D eigenvalue weighted by Gasteiger charge is 2.25. The SMILES string of the molecule is CCc1nnsc1C(=O)NCc1nnc(C2CCC2)n1C. The molecule has 2 aromatic heterocycles. The van der Waals surface area contributed by atoms with Crippen LogP contribution in [0.4, 0.5) is 0 Å². The molecule has 2 heterocycles. The molecule has 1 N–H and O–H groups in total. The van der Waals surface area contributed by atoms with E-state index in [2.05, 4.69) is 25.1 Å². The Kier molecular flexibility index (Phi) is 3.96. The van der Waals surface area contributed by atoms with Crippen LogP contribution in [0.5, 0.6) is 0 Å². The molecule has 1 saturated carbocycles. The first kappa shape index (κ1) is 14.1. The summed E-state index contributed by atoms with van der Waals surface area (Å²) in [5.74, 6) is 2.19.